The van der Waals surface area contributed by atoms with Crippen molar-refractivity contribution in [1.82, 2.24) is 9.78 Å². The lowest BCUT2D eigenvalue weighted by atomic mass is 9.88. The van der Waals surface area contributed by atoms with E-state index in [4.69, 9.17) is 0 Å². The molecular weight excluding hydrogens is 231 g/mol. The summed E-state index contributed by atoms with van der Waals surface area (Å²) in [6.45, 7) is 2.03. The second kappa shape index (κ2) is 4.05. The van der Waals surface area contributed by atoms with Gasteiger partial charge in [-0.1, -0.05) is 19.1 Å². The Hall–Kier alpha value is -1.97. The van der Waals surface area contributed by atoms with Crippen LogP contribution >= 0.6 is 0 Å². The van der Waals surface area contributed by atoms with Crippen molar-refractivity contribution in [2.24, 2.45) is 5.92 Å². The Morgan fingerprint density at radius 3 is 2.89 bits per heavy atom. The maximum Gasteiger partial charge on any atom is 0.166 e. The van der Waals surface area contributed by atoms with Crippen LogP contribution in [-0.2, 0) is 6.42 Å². The van der Waals surface area contributed by atoms with Gasteiger partial charge in [0.2, 0.25) is 0 Å². The number of aromatic nitrogens is 2. The summed E-state index contributed by atoms with van der Waals surface area (Å²) < 4.78 is 15.3. The zero-order valence-corrected chi connectivity index (χ0v) is 10.1. The Morgan fingerprint density at radius 1 is 1.33 bits per heavy atom. The number of hydrogen-bond acceptors (Lipinski definition) is 2. The fourth-order valence-corrected chi connectivity index (χ4v) is 2.46. The van der Waals surface area contributed by atoms with Crippen LogP contribution in [-0.4, -0.2) is 15.6 Å². The normalized spacial score (nSPS) is 18.8. The van der Waals surface area contributed by atoms with E-state index in [9.17, 15) is 9.18 Å². The van der Waals surface area contributed by atoms with Crippen LogP contribution in [0.5, 0.6) is 0 Å². The Morgan fingerprint density at radius 2 is 2.11 bits per heavy atom. The average Bonchev–Trinajstić information content (AvgIpc) is 2.73. The van der Waals surface area contributed by atoms with Gasteiger partial charge in [-0.25, -0.2) is 9.07 Å². The Bertz CT molecular complexity index is 618. The van der Waals surface area contributed by atoms with E-state index >= 15 is 0 Å². The van der Waals surface area contributed by atoms with E-state index in [1.54, 1.807) is 29.1 Å². The molecule has 0 fully saturated rings. The summed E-state index contributed by atoms with van der Waals surface area (Å²) in [4.78, 5) is 11.9. The van der Waals surface area contributed by atoms with Crippen LogP contribution in [0.2, 0.25) is 0 Å². The first-order chi connectivity index (χ1) is 8.66. The minimum absolute atomic E-state index is 0.103. The van der Waals surface area contributed by atoms with Crippen LogP contribution in [0.3, 0.4) is 0 Å². The summed E-state index contributed by atoms with van der Waals surface area (Å²) in [7, 11) is 0. The van der Waals surface area contributed by atoms with Crippen molar-refractivity contribution in [3.63, 3.8) is 0 Å². The lowest BCUT2D eigenvalue weighted by Crippen LogP contribution is -2.19. The van der Waals surface area contributed by atoms with E-state index in [-0.39, 0.29) is 17.5 Å². The van der Waals surface area contributed by atoms with Crippen LogP contribution in [0.1, 0.15) is 29.4 Å². The standard InChI is InChI=1S/C14H13FN2O/c1-9-6-13-10(14(18)7-9)8-16-17(13)12-5-3-2-4-11(12)15/h2-5,8-9H,6-7H2,1H3/t9-/m0/s1. The van der Waals surface area contributed by atoms with E-state index in [1.165, 1.54) is 6.07 Å². The molecule has 0 amide bonds. The van der Waals surface area contributed by atoms with Gasteiger partial charge in [0.05, 0.1) is 17.5 Å². The number of fused-ring (bicyclic) bond motifs is 1. The molecule has 1 aromatic heterocycles. The minimum Gasteiger partial charge on any atom is -0.294 e. The molecule has 18 heavy (non-hydrogen) atoms. The molecule has 1 aliphatic carbocycles. The highest BCUT2D eigenvalue weighted by molar-refractivity contribution is 5.98. The molecule has 1 aliphatic rings. The number of benzene rings is 1. The van der Waals surface area contributed by atoms with Gasteiger partial charge in [-0.05, 0) is 24.5 Å². The van der Waals surface area contributed by atoms with Gasteiger partial charge in [-0.15, -0.1) is 0 Å². The molecule has 0 spiro atoms. The molecule has 3 rings (SSSR count). The predicted molar refractivity (Wildman–Crippen MR) is 65.3 cm³/mol. The van der Waals surface area contributed by atoms with Crippen LogP contribution in [0.15, 0.2) is 30.5 Å². The number of rotatable bonds is 1. The number of carbonyl (C=O) groups is 1. The third-order valence-corrected chi connectivity index (χ3v) is 3.33. The third-order valence-electron chi connectivity index (χ3n) is 3.33. The number of para-hydroxylation sites is 1. The monoisotopic (exact) mass is 244 g/mol. The predicted octanol–water partition coefficient (Wildman–Crippen LogP) is 2.78. The highest BCUT2D eigenvalue weighted by Gasteiger charge is 2.27. The summed E-state index contributed by atoms with van der Waals surface area (Å²) in [6, 6.07) is 6.48. The van der Waals surface area contributed by atoms with Crippen LogP contribution in [0.25, 0.3) is 5.69 Å². The topological polar surface area (TPSA) is 34.9 Å². The van der Waals surface area contributed by atoms with Crippen molar-refractivity contribution in [3.8, 4) is 5.69 Å². The molecule has 0 saturated carbocycles. The fraction of sp³-hybridized carbons (Fsp3) is 0.286. The molecule has 0 unspecified atom stereocenters. The van der Waals surface area contributed by atoms with Gasteiger partial charge in [-0.3, -0.25) is 4.79 Å². The molecule has 0 radical (unpaired) electrons. The average molecular weight is 244 g/mol. The van der Waals surface area contributed by atoms with Crippen molar-refractivity contribution >= 4 is 5.78 Å². The van der Waals surface area contributed by atoms with Gasteiger partial charge in [0, 0.05) is 6.42 Å². The van der Waals surface area contributed by atoms with Crippen LogP contribution in [0, 0.1) is 11.7 Å². The van der Waals surface area contributed by atoms with E-state index in [0.29, 0.717) is 17.7 Å². The zero-order chi connectivity index (χ0) is 12.7. The molecule has 4 heteroatoms. The number of halogens is 1. The summed E-state index contributed by atoms with van der Waals surface area (Å²) in [5.41, 5.74) is 1.86. The molecule has 0 saturated heterocycles. The Labute approximate surface area is 104 Å². The van der Waals surface area contributed by atoms with E-state index in [0.717, 1.165) is 12.1 Å². The van der Waals surface area contributed by atoms with Gasteiger partial charge in [0.15, 0.2) is 5.78 Å². The van der Waals surface area contributed by atoms with E-state index in [2.05, 4.69) is 5.10 Å². The van der Waals surface area contributed by atoms with Gasteiger partial charge in [0.1, 0.15) is 11.5 Å². The fourth-order valence-electron chi connectivity index (χ4n) is 2.46. The first-order valence-electron chi connectivity index (χ1n) is 6.02. The van der Waals surface area contributed by atoms with E-state index < -0.39 is 0 Å². The highest BCUT2D eigenvalue weighted by atomic mass is 19.1. The summed E-state index contributed by atoms with van der Waals surface area (Å²) in [6.07, 6.45) is 2.86. The molecule has 1 aromatic carbocycles. The Balaban J connectivity index is 2.16. The third kappa shape index (κ3) is 1.65. The molecule has 92 valence electrons. The summed E-state index contributed by atoms with van der Waals surface area (Å²) >= 11 is 0. The minimum atomic E-state index is -0.325. The van der Waals surface area contributed by atoms with Crippen molar-refractivity contribution in [3.05, 3.63) is 47.5 Å². The second-order valence-corrected chi connectivity index (χ2v) is 4.80. The molecule has 0 aliphatic heterocycles. The molecule has 0 N–H and O–H groups in total. The highest BCUT2D eigenvalue weighted by Crippen LogP contribution is 2.27. The van der Waals surface area contributed by atoms with E-state index in [1.807, 2.05) is 6.92 Å². The number of Topliss-reactive ketones (excluding diaryl/α,β-unsaturated/α-hetero) is 1. The Kier molecular flexibility index (Phi) is 2.51. The summed E-state index contributed by atoms with van der Waals surface area (Å²) in [5, 5.41) is 4.17. The lowest BCUT2D eigenvalue weighted by molar-refractivity contribution is 0.0952. The SMILES string of the molecule is C[C@@H]1CC(=O)c2cnn(-c3ccccc3F)c2C1. The van der Waals surface area contributed by atoms with Gasteiger partial charge in [0.25, 0.3) is 0 Å². The van der Waals surface area contributed by atoms with Crippen molar-refractivity contribution in [2.75, 3.05) is 0 Å². The smallest absolute Gasteiger partial charge is 0.166 e. The van der Waals surface area contributed by atoms with Gasteiger partial charge >= 0.3 is 0 Å². The molecule has 2 aromatic rings. The summed E-state index contributed by atoms with van der Waals surface area (Å²) in [5.74, 6) is 0.0626. The number of ketones is 1. The van der Waals surface area contributed by atoms with Crippen molar-refractivity contribution in [2.45, 2.75) is 19.8 Å². The largest absolute Gasteiger partial charge is 0.294 e. The zero-order valence-electron chi connectivity index (χ0n) is 10.1. The quantitative estimate of drug-likeness (QED) is 0.773. The molecule has 3 nitrogen and oxygen atoms in total. The maximum absolute atomic E-state index is 13.8. The van der Waals surface area contributed by atoms with Crippen molar-refractivity contribution in [1.29, 1.82) is 0 Å². The van der Waals surface area contributed by atoms with Crippen LogP contribution in [0.4, 0.5) is 4.39 Å². The number of nitrogens with zero attached hydrogens (tertiary/aromatic N) is 2. The number of hydrogen-bond donors (Lipinski definition) is 0. The van der Waals surface area contributed by atoms with Gasteiger partial charge in [-0.2, -0.15) is 5.10 Å². The number of carbonyl (C=O) groups excluding carboxylic acids is 1. The first kappa shape index (κ1) is 11.1. The lowest BCUT2D eigenvalue weighted by Gasteiger charge is -2.18. The van der Waals surface area contributed by atoms with Crippen LogP contribution < -0.4 is 0 Å². The maximum atomic E-state index is 13.8. The first-order valence-corrected chi connectivity index (χ1v) is 6.02. The molecular formula is C14H13FN2O. The molecule has 0 bridgehead atoms. The van der Waals surface area contributed by atoms with Gasteiger partial charge < -0.3 is 0 Å². The molecule has 1 heterocycles. The second-order valence-electron chi connectivity index (χ2n) is 4.80. The molecule has 1 atom stereocenters. The van der Waals surface area contributed by atoms with Crippen molar-refractivity contribution < 1.29 is 9.18 Å².